The summed E-state index contributed by atoms with van der Waals surface area (Å²) in [6, 6.07) is -0.934. The second-order valence-corrected chi connectivity index (χ2v) is 10.9. The van der Waals surface area contributed by atoms with Gasteiger partial charge in [-0.1, -0.05) is 13.3 Å². The Morgan fingerprint density at radius 1 is 1.25 bits per heavy atom. The SMILES string of the molecule is CCC[C@@H]1C[C@@H](C(=O)N[C@@H]([C@H]2O[C@H](SC)[C@H](O)[C@@H](O)[C@H]2O)[C@H](C)Cl)N(C)C1.O=P(O)(O)O. The van der Waals surface area contributed by atoms with Gasteiger partial charge in [0.2, 0.25) is 5.91 Å². The molecule has 1 amide bonds. The van der Waals surface area contributed by atoms with Gasteiger partial charge in [0.25, 0.3) is 0 Å². The minimum absolute atomic E-state index is 0.147. The zero-order valence-electron chi connectivity index (χ0n) is 18.6. The van der Waals surface area contributed by atoms with Crippen molar-refractivity contribution in [3.05, 3.63) is 0 Å². The number of carbonyl (C=O) groups excluding carboxylic acids is 1. The van der Waals surface area contributed by atoms with Crippen LogP contribution in [0.25, 0.3) is 0 Å². The molecule has 2 aliphatic rings. The molecule has 0 radical (unpaired) electrons. The normalized spacial score (nSPS) is 35.5. The first-order valence-electron chi connectivity index (χ1n) is 10.4. The minimum atomic E-state index is -4.64. The molecule has 0 saturated carbocycles. The number of aliphatic hydroxyl groups is 3. The van der Waals surface area contributed by atoms with Crippen LogP contribution in [0, 0.1) is 5.92 Å². The minimum Gasteiger partial charge on any atom is -0.388 e. The van der Waals surface area contributed by atoms with Crippen LogP contribution < -0.4 is 5.32 Å². The summed E-state index contributed by atoms with van der Waals surface area (Å²) in [6.07, 6.45) is -0.0980. The van der Waals surface area contributed by atoms with Crippen LogP contribution in [-0.2, 0) is 14.1 Å². The van der Waals surface area contributed by atoms with E-state index in [1.54, 1.807) is 13.2 Å². The van der Waals surface area contributed by atoms with Gasteiger partial charge in [0.05, 0.1) is 17.5 Å². The maximum Gasteiger partial charge on any atom is 0.466 e. The van der Waals surface area contributed by atoms with E-state index in [-0.39, 0.29) is 11.9 Å². The summed E-state index contributed by atoms with van der Waals surface area (Å²) in [5, 5.41) is 33.0. The zero-order chi connectivity index (χ0) is 24.8. The molecule has 0 spiro atoms. The Morgan fingerprint density at radius 2 is 1.81 bits per heavy atom. The summed E-state index contributed by atoms with van der Waals surface area (Å²) >= 11 is 7.55. The molecule has 7 N–H and O–H groups in total. The third-order valence-electron chi connectivity index (χ3n) is 5.63. The predicted molar refractivity (Wildman–Crippen MR) is 121 cm³/mol. The molecule has 0 unspecified atom stereocenters. The van der Waals surface area contributed by atoms with Crippen LogP contribution in [0.5, 0.6) is 0 Å². The topological polar surface area (TPSA) is 180 Å². The molecule has 0 aromatic heterocycles. The number of ether oxygens (including phenoxy) is 1. The number of alkyl halides is 1. The number of likely N-dealkylation sites (tertiary alicyclic amines) is 1. The first kappa shape index (κ1) is 30.1. The molecule has 0 aliphatic carbocycles. The van der Waals surface area contributed by atoms with E-state index in [0.29, 0.717) is 5.92 Å². The largest absolute Gasteiger partial charge is 0.466 e. The zero-order valence-corrected chi connectivity index (χ0v) is 21.1. The van der Waals surface area contributed by atoms with E-state index in [0.717, 1.165) is 25.8 Å². The van der Waals surface area contributed by atoms with E-state index < -0.39 is 49.1 Å². The van der Waals surface area contributed by atoms with Crippen LogP contribution in [-0.4, -0.2) is 108 Å². The fourth-order valence-electron chi connectivity index (χ4n) is 4.11. The molecule has 190 valence electrons. The lowest BCUT2D eigenvalue weighted by Gasteiger charge is -2.44. The van der Waals surface area contributed by atoms with Crippen molar-refractivity contribution < 1.29 is 44.1 Å². The van der Waals surface area contributed by atoms with Gasteiger partial charge in [-0.05, 0) is 39.0 Å². The fourth-order valence-corrected chi connectivity index (χ4v) is 5.00. The van der Waals surface area contributed by atoms with Crippen molar-refractivity contribution >= 4 is 37.1 Å². The number of hydrogen-bond acceptors (Lipinski definition) is 8. The van der Waals surface area contributed by atoms with Crippen LogP contribution in [0.4, 0.5) is 0 Å². The second kappa shape index (κ2) is 13.2. The molecule has 0 aromatic rings. The molecule has 9 atom stereocenters. The Morgan fingerprint density at radius 3 is 2.28 bits per heavy atom. The van der Waals surface area contributed by atoms with Gasteiger partial charge >= 0.3 is 7.82 Å². The highest BCUT2D eigenvalue weighted by molar-refractivity contribution is 7.99. The summed E-state index contributed by atoms with van der Waals surface area (Å²) < 4.78 is 14.7. The van der Waals surface area contributed by atoms with Crippen LogP contribution in [0.3, 0.4) is 0 Å². The first-order chi connectivity index (χ1) is 14.7. The lowest BCUT2D eigenvalue weighted by atomic mass is 9.92. The highest BCUT2D eigenvalue weighted by atomic mass is 35.5. The average Bonchev–Trinajstić information content (AvgIpc) is 3.04. The Balaban J connectivity index is 0.000000920. The van der Waals surface area contributed by atoms with Crippen molar-refractivity contribution in [2.45, 2.75) is 80.4 Å². The molecule has 2 rings (SSSR count). The van der Waals surface area contributed by atoms with Crippen molar-refractivity contribution in [1.82, 2.24) is 10.2 Å². The number of nitrogens with one attached hydrogen (secondary N) is 1. The summed E-state index contributed by atoms with van der Waals surface area (Å²) in [4.78, 5) is 36.5. The molecule has 2 fully saturated rings. The number of nitrogens with zero attached hydrogens (tertiary/aromatic N) is 1. The van der Waals surface area contributed by atoms with E-state index in [1.807, 2.05) is 11.9 Å². The van der Waals surface area contributed by atoms with E-state index in [4.69, 9.17) is 35.6 Å². The molecule has 0 bridgehead atoms. The van der Waals surface area contributed by atoms with Gasteiger partial charge in [0.1, 0.15) is 29.9 Å². The van der Waals surface area contributed by atoms with Crippen LogP contribution in [0.15, 0.2) is 0 Å². The maximum absolute atomic E-state index is 12.9. The lowest BCUT2D eigenvalue weighted by Crippen LogP contribution is -2.65. The number of likely N-dealkylation sites (N-methyl/N-ethyl adjacent to an activating group) is 1. The second-order valence-electron chi connectivity index (χ2n) is 8.25. The quantitative estimate of drug-likeness (QED) is 0.168. The molecule has 32 heavy (non-hydrogen) atoms. The third-order valence-corrected chi connectivity index (χ3v) is 6.76. The summed E-state index contributed by atoms with van der Waals surface area (Å²) in [5.41, 5.74) is -0.702. The number of aliphatic hydroxyl groups excluding tert-OH is 3. The molecule has 2 saturated heterocycles. The van der Waals surface area contributed by atoms with Crippen molar-refractivity contribution in [2.24, 2.45) is 5.92 Å². The number of rotatable bonds is 7. The Labute approximate surface area is 197 Å². The van der Waals surface area contributed by atoms with Crippen molar-refractivity contribution in [1.29, 1.82) is 0 Å². The van der Waals surface area contributed by atoms with Gasteiger partial charge in [-0.2, -0.15) is 0 Å². The fraction of sp³-hybridized carbons (Fsp3) is 0.944. The summed E-state index contributed by atoms with van der Waals surface area (Å²) in [7, 11) is -2.70. The Bertz CT molecular complexity index is 633. The lowest BCUT2D eigenvalue weighted by molar-refractivity contribution is -0.205. The number of carbonyl (C=O) groups is 1. The molecular weight excluding hydrogens is 487 g/mol. The van der Waals surface area contributed by atoms with Gasteiger partial charge in [0.15, 0.2) is 0 Å². The van der Waals surface area contributed by atoms with E-state index >= 15 is 0 Å². The van der Waals surface area contributed by atoms with Crippen LogP contribution in [0.2, 0.25) is 0 Å². The number of hydrogen-bond donors (Lipinski definition) is 7. The molecular formula is C18H36ClN2O9PS. The predicted octanol–water partition coefficient (Wildman–Crippen LogP) is -0.539. The molecule has 0 aromatic carbocycles. The van der Waals surface area contributed by atoms with Gasteiger partial charge in [-0.15, -0.1) is 23.4 Å². The summed E-state index contributed by atoms with van der Waals surface area (Å²) in [6.45, 7) is 4.74. The number of thioether (sulfide) groups is 1. The van der Waals surface area contributed by atoms with Crippen molar-refractivity contribution in [3.63, 3.8) is 0 Å². The smallest absolute Gasteiger partial charge is 0.388 e. The van der Waals surface area contributed by atoms with Gasteiger partial charge in [0, 0.05) is 6.54 Å². The number of halogens is 1. The number of amides is 1. The number of phosphoric acid groups is 1. The summed E-state index contributed by atoms with van der Waals surface area (Å²) in [5.74, 6) is 0.350. The highest BCUT2D eigenvalue weighted by Gasteiger charge is 2.48. The molecule has 14 heteroatoms. The highest BCUT2D eigenvalue weighted by Crippen LogP contribution is 2.31. The van der Waals surface area contributed by atoms with Crippen molar-refractivity contribution in [2.75, 3.05) is 19.8 Å². The first-order valence-corrected chi connectivity index (χ1v) is 13.7. The van der Waals surface area contributed by atoms with E-state index in [2.05, 4.69) is 12.2 Å². The van der Waals surface area contributed by atoms with E-state index in [9.17, 15) is 20.1 Å². The molecule has 11 nitrogen and oxygen atoms in total. The standard InChI is InChI=1S/C18H33ClN2O5S.H3O4P/c1-5-6-10-7-11(21(3)8-10)17(25)20-12(9(2)19)16-14(23)13(22)15(24)18(26-16)27-4;1-5(2,3)4/h9-16,18,22-24H,5-8H2,1-4H3,(H,20,25);(H3,1,2,3,4)/t9-,10+,11-,12+,13-,14+,15+,16+,18+;/m0./s1. The van der Waals surface area contributed by atoms with Gasteiger partial charge in [-0.25, -0.2) is 4.57 Å². The van der Waals surface area contributed by atoms with Gasteiger partial charge in [-0.3, -0.25) is 9.69 Å². The third kappa shape index (κ3) is 8.99. The van der Waals surface area contributed by atoms with Crippen molar-refractivity contribution in [3.8, 4) is 0 Å². The van der Waals surface area contributed by atoms with Crippen LogP contribution >= 0.6 is 31.2 Å². The van der Waals surface area contributed by atoms with Crippen LogP contribution in [0.1, 0.15) is 33.1 Å². The van der Waals surface area contributed by atoms with E-state index in [1.165, 1.54) is 11.8 Å². The average molecular weight is 523 g/mol. The maximum atomic E-state index is 12.9. The van der Waals surface area contributed by atoms with Gasteiger partial charge < -0.3 is 40.1 Å². The molecule has 2 aliphatic heterocycles. The Hall–Kier alpha value is 0.0200. The Kier molecular flexibility index (Phi) is 12.4. The monoisotopic (exact) mass is 522 g/mol. The molecule has 2 heterocycles.